The third-order valence-corrected chi connectivity index (χ3v) is 4.76. The molecule has 1 N–H and O–H groups in total. The molecule has 2 aromatic carbocycles. The summed E-state index contributed by atoms with van der Waals surface area (Å²) in [7, 11) is 0. The highest BCUT2D eigenvalue weighted by Crippen LogP contribution is 2.24. The van der Waals surface area contributed by atoms with Gasteiger partial charge in [-0.1, -0.05) is 23.8 Å². The average Bonchev–Trinajstić information content (AvgIpc) is 2.90. The van der Waals surface area contributed by atoms with Gasteiger partial charge >= 0.3 is 0 Å². The molecule has 1 atom stereocenters. The Bertz CT molecular complexity index is 905. The number of hydrogen-bond donors (Lipinski definition) is 1. The highest BCUT2D eigenvalue weighted by Gasteiger charge is 2.35. The van der Waals surface area contributed by atoms with E-state index in [2.05, 4.69) is 5.32 Å². The summed E-state index contributed by atoms with van der Waals surface area (Å²) in [5.74, 6) is -0.108. The molecule has 0 aromatic heterocycles. The van der Waals surface area contributed by atoms with Crippen molar-refractivity contribution in [1.29, 1.82) is 0 Å². The van der Waals surface area contributed by atoms with Crippen molar-refractivity contribution in [2.24, 2.45) is 0 Å². The first-order valence-electron chi connectivity index (χ1n) is 9.39. The fraction of sp³-hybridized carbons (Fsp3) is 0.318. The molecule has 0 saturated carbocycles. The van der Waals surface area contributed by atoms with E-state index in [9.17, 15) is 14.4 Å². The topological polar surface area (TPSA) is 75.7 Å². The van der Waals surface area contributed by atoms with E-state index in [-0.39, 0.29) is 36.7 Å². The molecule has 28 heavy (non-hydrogen) atoms. The molecule has 2 aromatic rings. The lowest BCUT2D eigenvalue weighted by Crippen LogP contribution is -2.35. The Kier molecular flexibility index (Phi) is 5.78. The number of amides is 3. The van der Waals surface area contributed by atoms with Crippen LogP contribution in [0.15, 0.2) is 42.5 Å². The predicted molar refractivity (Wildman–Crippen MR) is 105 cm³/mol. The Balaban J connectivity index is 1.56. The van der Waals surface area contributed by atoms with Gasteiger partial charge in [0.25, 0.3) is 11.8 Å². The van der Waals surface area contributed by atoms with Gasteiger partial charge in [-0.15, -0.1) is 0 Å². The van der Waals surface area contributed by atoms with Crippen molar-refractivity contribution in [1.82, 2.24) is 10.2 Å². The molecule has 6 heteroatoms. The number of imide groups is 1. The quantitative estimate of drug-likeness (QED) is 0.748. The first-order chi connectivity index (χ1) is 13.4. The molecule has 0 radical (unpaired) electrons. The van der Waals surface area contributed by atoms with E-state index in [1.165, 1.54) is 0 Å². The average molecular weight is 380 g/mol. The molecule has 0 aliphatic carbocycles. The number of carbonyl (C=O) groups is 3. The highest BCUT2D eigenvalue weighted by molar-refractivity contribution is 6.21. The van der Waals surface area contributed by atoms with Crippen molar-refractivity contribution in [3.05, 3.63) is 64.7 Å². The van der Waals surface area contributed by atoms with Crippen LogP contribution in [0.5, 0.6) is 5.75 Å². The molecular weight excluding hydrogens is 356 g/mol. The van der Waals surface area contributed by atoms with Crippen LogP contribution >= 0.6 is 0 Å². The van der Waals surface area contributed by atoms with Crippen LogP contribution in [-0.2, 0) is 4.79 Å². The van der Waals surface area contributed by atoms with Gasteiger partial charge in [0.15, 0.2) is 0 Å². The van der Waals surface area contributed by atoms with E-state index in [1.807, 2.05) is 45.0 Å². The number of aryl methyl sites for hydroxylation is 1. The van der Waals surface area contributed by atoms with E-state index in [0.717, 1.165) is 21.8 Å². The number of nitrogens with zero attached hydrogens (tertiary/aromatic N) is 1. The van der Waals surface area contributed by atoms with Gasteiger partial charge < -0.3 is 10.1 Å². The van der Waals surface area contributed by atoms with Crippen LogP contribution in [0.2, 0.25) is 0 Å². The van der Waals surface area contributed by atoms with E-state index >= 15 is 0 Å². The summed E-state index contributed by atoms with van der Waals surface area (Å²) >= 11 is 0. The number of hydrogen-bond acceptors (Lipinski definition) is 4. The minimum Gasteiger partial charge on any atom is -0.494 e. The van der Waals surface area contributed by atoms with Gasteiger partial charge in [-0.2, -0.15) is 0 Å². The van der Waals surface area contributed by atoms with E-state index < -0.39 is 0 Å². The fourth-order valence-electron chi connectivity index (χ4n) is 3.24. The molecule has 6 nitrogen and oxygen atoms in total. The van der Waals surface area contributed by atoms with E-state index in [4.69, 9.17) is 4.74 Å². The van der Waals surface area contributed by atoms with Gasteiger partial charge in [0.2, 0.25) is 5.91 Å². The highest BCUT2D eigenvalue weighted by atomic mass is 16.5. The molecule has 3 rings (SSSR count). The first kappa shape index (κ1) is 19.6. The zero-order valence-electron chi connectivity index (χ0n) is 16.3. The van der Waals surface area contributed by atoms with Crippen molar-refractivity contribution >= 4 is 17.7 Å². The monoisotopic (exact) mass is 380 g/mol. The molecule has 1 aliphatic rings. The lowest BCUT2D eigenvalue weighted by atomic mass is 10.1. The van der Waals surface area contributed by atoms with E-state index in [0.29, 0.717) is 17.7 Å². The normalized spacial score (nSPS) is 14.0. The second-order valence-electron chi connectivity index (χ2n) is 6.85. The van der Waals surface area contributed by atoms with Crippen LogP contribution in [-0.4, -0.2) is 35.8 Å². The summed E-state index contributed by atoms with van der Waals surface area (Å²) in [6, 6.07) is 12.5. The standard InChI is InChI=1S/C22H24N2O4/c1-4-28-17-8-6-16(7-9-17)15(3)23-20(25)11-12-24-21(26)18-10-5-14(2)13-19(18)22(24)27/h5-10,13,15H,4,11-12H2,1-3H3,(H,23,25). The third-order valence-electron chi connectivity index (χ3n) is 4.76. The van der Waals surface area contributed by atoms with Crippen molar-refractivity contribution in [2.45, 2.75) is 33.2 Å². The maximum Gasteiger partial charge on any atom is 0.261 e. The molecule has 1 aliphatic heterocycles. The zero-order chi connectivity index (χ0) is 20.3. The Hall–Kier alpha value is -3.15. The maximum absolute atomic E-state index is 12.5. The van der Waals surface area contributed by atoms with Gasteiger partial charge in [0, 0.05) is 13.0 Å². The fourth-order valence-corrected chi connectivity index (χ4v) is 3.24. The number of ether oxygens (including phenoxy) is 1. The zero-order valence-corrected chi connectivity index (χ0v) is 16.3. The van der Waals surface area contributed by atoms with Gasteiger partial charge in [-0.25, -0.2) is 0 Å². The molecule has 146 valence electrons. The molecular formula is C22H24N2O4. The van der Waals surface area contributed by atoms with Crippen LogP contribution in [0.3, 0.4) is 0 Å². The largest absolute Gasteiger partial charge is 0.494 e. The van der Waals surface area contributed by atoms with Gasteiger partial charge in [0.1, 0.15) is 5.75 Å². The van der Waals surface area contributed by atoms with Gasteiger partial charge in [-0.05, 0) is 50.6 Å². The van der Waals surface area contributed by atoms with Gasteiger partial charge in [0.05, 0.1) is 23.8 Å². The number of benzene rings is 2. The number of fused-ring (bicyclic) bond motifs is 1. The first-order valence-corrected chi connectivity index (χ1v) is 9.39. The summed E-state index contributed by atoms with van der Waals surface area (Å²) in [6.07, 6.45) is 0.0613. The summed E-state index contributed by atoms with van der Waals surface area (Å²) in [4.78, 5) is 38.3. The Morgan fingerprint density at radius 2 is 1.75 bits per heavy atom. The van der Waals surface area contributed by atoms with Crippen molar-refractivity contribution in [2.75, 3.05) is 13.2 Å². The molecule has 0 saturated heterocycles. The summed E-state index contributed by atoms with van der Waals surface area (Å²) in [6.45, 7) is 6.34. The Morgan fingerprint density at radius 1 is 1.07 bits per heavy atom. The van der Waals surface area contributed by atoms with Crippen LogP contribution in [0.4, 0.5) is 0 Å². The third kappa shape index (κ3) is 4.06. The van der Waals surface area contributed by atoms with Crippen LogP contribution < -0.4 is 10.1 Å². The van der Waals surface area contributed by atoms with Crippen LogP contribution in [0.1, 0.15) is 58.2 Å². The molecule has 0 spiro atoms. The Labute approximate surface area is 164 Å². The van der Waals surface area contributed by atoms with E-state index in [1.54, 1.807) is 18.2 Å². The predicted octanol–water partition coefficient (Wildman–Crippen LogP) is 3.26. The van der Waals surface area contributed by atoms with Crippen LogP contribution in [0.25, 0.3) is 0 Å². The maximum atomic E-state index is 12.5. The molecule has 1 heterocycles. The minimum absolute atomic E-state index is 0.0613. The summed E-state index contributed by atoms with van der Waals surface area (Å²) in [5, 5.41) is 2.90. The SMILES string of the molecule is CCOc1ccc(C(C)NC(=O)CCN2C(=O)c3ccc(C)cc3C2=O)cc1. The number of carbonyl (C=O) groups excluding carboxylic acids is 3. The van der Waals surface area contributed by atoms with Crippen molar-refractivity contribution in [3.63, 3.8) is 0 Å². The second-order valence-corrected chi connectivity index (χ2v) is 6.85. The number of nitrogens with one attached hydrogen (secondary N) is 1. The minimum atomic E-state index is -0.340. The number of rotatable bonds is 7. The smallest absolute Gasteiger partial charge is 0.261 e. The molecule has 0 fully saturated rings. The lowest BCUT2D eigenvalue weighted by molar-refractivity contribution is -0.121. The second kappa shape index (κ2) is 8.25. The summed E-state index contributed by atoms with van der Waals surface area (Å²) in [5.41, 5.74) is 2.68. The molecule has 1 unspecified atom stereocenters. The molecule has 3 amide bonds. The lowest BCUT2D eigenvalue weighted by Gasteiger charge is -2.17. The summed E-state index contributed by atoms with van der Waals surface area (Å²) < 4.78 is 5.41. The van der Waals surface area contributed by atoms with Gasteiger partial charge in [-0.3, -0.25) is 19.3 Å². The van der Waals surface area contributed by atoms with Crippen molar-refractivity contribution < 1.29 is 19.1 Å². The molecule has 0 bridgehead atoms. The van der Waals surface area contributed by atoms with Crippen LogP contribution in [0, 0.1) is 6.92 Å². The van der Waals surface area contributed by atoms with Crippen molar-refractivity contribution in [3.8, 4) is 5.75 Å². The Morgan fingerprint density at radius 3 is 2.43 bits per heavy atom.